The maximum absolute atomic E-state index is 9.42. The molecule has 0 saturated heterocycles. The van der Waals surface area contributed by atoms with Crippen molar-refractivity contribution in [1.29, 1.82) is 0 Å². The molecule has 0 aliphatic heterocycles. The summed E-state index contributed by atoms with van der Waals surface area (Å²) < 4.78 is 5.01. The topological polar surface area (TPSA) is 53.9 Å². The van der Waals surface area contributed by atoms with E-state index in [1.54, 1.807) is 24.4 Å². The first-order chi connectivity index (χ1) is 8.27. The second kappa shape index (κ2) is 7.54. The third kappa shape index (κ3) is 4.76. The van der Waals surface area contributed by atoms with Gasteiger partial charge in [0.1, 0.15) is 0 Å². The van der Waals surface area contributed by atoms with Gasteiger partial charge in [0, 0.05) is 6.54 Å². The highest BCUT2D eigenvalue weighted by Gasteiger charge is 2.00. The number of phenols is 1. The molecule has 2 N–H and O–H groups in total. The number of methoxy groups -OCH3 is 1. The first kappa shape index (κ1) is 13.4. The van der Waals surface area contributed by atoms with Crippen molar-refractivity contribution in [3.63, 3.8) is 0 Å². The Bertz CT molecular complexity index is 364. The van der Waals surface area contributed by atoms with E-state index in [-0.39, 0.29) is 5.75 Å². The number of phenolic OH excluding ortho intramolecular Hbond substituents is 1. The van der Waals surface area contributed by atoms with Crippen LogP contribution in [0.3, 0.4) is 0 Å². The van der Waals surface area contributed by atoms with Crippen molar-refractivity contribution in [3.8, 4) is 11.5 Å². The highest BCUT2D eigenvalue weighted by atomic mass is 16.5. The summed E-state index contributed by atoms with van der Waals surface area (Å²) in [6.07, 6.45) is 5.27. The minimum absolute atomic E-state index is 0.139. The summed E-state index contributed by atoms with van der Waals surface area (Å²) >= 11 is 0. The van der Waals surface area contributed by atoms with E-state index in [0.29, 0.717) is 5.75 Å². The van der Waals surface area contributed by atoms with Gasteiger partial charge in [0.15, 0.2) is 11.5 Å². The number of hydrogen-bond donors (Lipinski definition) is 2. The summed E-state index contributed by atoms with van der Waals surface area (Å²) in [6, 6.07) is 5.12. The molecule has 4 nitrogen and oxygen atoms in total. The lowest BCUT2D eigenvalue weighted by atomic mass is 10.2. The quantitative estimate of drug-likeness (QED) is 0.434. The van der Waals surface area contributed by atoms with E-state index in [1.165, 1.54) is 20.0 Å². The summed E-state index contributed by atoms with van der Waals surface area (Å²) in [7, 11) is 1.53. The van der Waals surface area contributed by atoms with Gasteiger partial charge < -0.3 is 15.3 Å². The first-order valence-electron chi connectivity index (χ1n) is 5.91. The van der Waals surface area contributed by atoms with Crippen LogP contribution in [-0.4, -0.2) is 25.0 Å². The predicted molar refractivity (Wildman–Crippen MR) is 69.8 cm³/mol. The van der Waals surface area contributed by atoms with Gasteiger partial charge in [-0.1, -0.05) is 19.8 Å². The fraction of sp³-hybridized carbons (Fsp3) is 0.462. The van der Waals surface area contributed by atoms with Crippen molar-refractivity contribution in [2.45, 2.75) is 26.2 Å². The van der Waals surface area contributed by atoms with Crippen LogP contribution in [0, 0.1) is 0 Å². The number of aromatic hydroxyl groups is 1. The van der Waals surface area contributed by atoms with Gasteiger partial charge >= 0.3 is 0 Å². The molecule has 1 rings (SSSR count). The molecule has 0 radical (unpaired) electrons. The highest BCUT2D eigenvalue weighted by Crippen LogP contribution is 2.25. The van der Waals surface area contributed by atoms with Gasteiger partial charge in [0.2, 0.25) is 0 Å². The first-order valence-corrected chi connectivity index (χ1v) is 5.91. The molecule has 0 unspecified atom stereocenters. The third-order valence-corrected chi connectivity index (χ3v) is 2.40. The van der Waals surface area contributed by atoms with Gasteiger partial charge in [-0.3, -0.25) is 0 Å². The second-order valence-electron chi connectivity index (χ2n) is 3.80. The molecule has 0 aromatic heterocycles. The summed E-state index contributed by atoms with van der Waals surface area (Å²) in [5.41, 5.74) is 3.88. The largest absolute Gasteiger partial charge is 0.504 e. The maximum Gasteiger partial charge on any atom is 0.161 e. The van der Waals surface area contributed by atoms with Crippen molar-refractivity contribution >= 4 is 6.21 Å². The monoisotopic (exact) mass is 236 g/mol. The van der Waals surface area contributed by atoms with Gasteiger partial charge in [-0.2, -0.15) is 5.10 Å². The Morgan fingerprint density at radius 2 is 2.24 bits per heavy atom. The zero-order chi connectivity index (χ0) is 12.5. The molecule has 1 aromatic rings. The molecule has 0 fully saturated rings. The number of ether oxygens (including phenoxy) is 1. The van der Waals surface area contributed by atoms with Gasteiger partial charge in [-0.05, 0) is 30.2 Å². The lowest BCUT2D eigenvalue weighted by Gasteiger charge is -2.03. The smallest absolute Gasteiger partial charge is 0.161 e. The van der Waals surface area contributed by atoms with Gasteiger partial charge in [-0.25, -0.2) is 0 Å². The highest BCUT2D eigenvalue weighted by molar-refractivity contribution is 5.80. The van der Waals surface area contributed by atoms with Crippen LogP contribution in [0.5, 0.6) is 11.5 Å². The number of nitrogens with one attached hydrogen (secondary N) is 1. The van der Waals surface area contributed by atoms with E-state index < -0.39 is 0 Å². The third-order valence-electron chi connectivity index (χ3n) is 2.40. The Balaban J connectivity index is 2.42. The zero-order valence-corrected chi connectivity index (χ0v) is 10.4. The van der Waals surface area contributed by atoms with Gasteiger partial charge in [0.25, 0.3) is 0 Å². The van der Waals surface area contributed by atoms with E-state index in [1.807, 2.05) is 0 Å². The van der Waals surface area contributed by atoms with Crippen LogP contribution in [0.1, 0.15) is 31.7 Å². The summed E-state index contributed by atoms with van der Waals surface area (Å²) in [5, 5.41) is 13.5. The molecule has 1 aromatic carbocycles. The average molecular weight is 236 g/mol. The van der Waals surface area contributed by atoms with Crippen molar-refractivity contribution in [2.24, 2.45) is 5.10 Å². The molecule has 0 aliphatic carbocycles. The number of nitrogens with zero attached hydrogens (tertiary/aromatic N) is 1. The van der Waals surface area contributed by atoms with Crippen LogP contribution in [0.25, 0.3) is 0 Å². The normalized spacial score (nSPS) is 10.7. The molecular weight excluding hydrogens is 216 g/mol. The Kier molecular flexibility index (Phi) is 5.93. The Hall–Kier alpha value is -1.71. The lowest BCUT2D eigenvalue weighted by Crippen LogP contribution is -2.07. The van der Waals surface area contributed by atoms with Crippen molar-refractivity contribution in [3.05, 3.63) is 23.8 Å². The van der Waals surface area contributed by atoms with E-state index >= 15 is 0 Å². The molecule has 94 valence electrons. The summed E-state index contributed by atoms with van der Waals surface area (Å²) in [5.74, 6) is 0.598. The number of unbranched alkanes of at least 4 members (excludes halogenated alkanes) is 2. The van der Waals surface area contributed by atoms with Crippen molar-refractivity contribution < 1.29 is 9.84 Å². The minimum atomic E-state index is 0.139. The van der Waals surface area contributed by atoms with E-state index in [9.17, 15) is 5.11 Å². The van der Waals surface area contributed by atoms with Gasteiger partial charge in [-0.15, -0.1) is 0 Å². The maximum atomic E-state index is 9.42. The van der Waals surface area contributed by atoms with Crippen LogP contribution in [0.2, 0.25) is 0 Å². The Morgan fingerprint density at radius 1 is 1.41 bits per heavy atom. The van der Waals surface area contributed by atoms with Gasteiger partial charge in [0.05, 0.1) is 13.3 Å². The molecule has 0 heterocycles. The van der Waals surface area contributed by atoms with E-state index in [4.69, 9.17) is 4.74 Å². The number of benzene rings is 1. The average Bonchev–Trinajstić information content (AvgIpc) is 2.35. The zero-order valence-electron chi connectivity index (χ0n) is 10.4. The lowest BCUT2D eigenvalue weighted by molar-refractivity contribution is 0.373. The number of hydrogen-bond acceptors (Lipinski definition) is 4. The fourth-order valence-corrected chi connectivity index (χ4v) is 1.41. The predicted octanol–water partition coefficient (Wildman–Crippen LogP) is 2.51. The van der Waals surface area contributed by atoms with Crippen LogP contribution in [0.4, 0.5) is 0 Å². The van der Waals surface area contributed by atoms with Crippen LogP contribution < -0.4 is 10.2 Å². The van der Waals surface area contributed by atoms with Crippen molar-refractivity contribution in [2.75, 3.05) is 13.7 Å². The molecule has 0 amide bonds. The molecular formula is C13H20N2O2. The summed E-state index contributed by atoms with van der Waals surface area (Å²) in [4.78, 5) is 0. The minimum Gasteiger partial charge on any atom is -0.504 e. The Morgan fingerprint density at radius 3 is 2.94 bits per heavy atom. The summed E-state index contributed by atoms with van der Waals surface area (Å²) in [6.45, 7) is 3.06. The molecule has 0 bridgehead atoms. The van der Waals surface area contributed by atoms with Crippen LogP contribution >= 0.6 is 0 Å². The molecule has 17 heavy (non-hydrogen) atoms. The van der Waals surface area contributed by atoms with Crippen LogP contribution in [0.15, 0.2) is 23.3 Å². The molecule has 4 heteroatoms. The molecule has 0 atom stereocenters. The molecule has 0 saturated carbocycles. The standard InChI is InChI=1S/C13H20N2O2/c1-3-4-5-8-14-15-10-11-6-7-12(16)13(9-11)17-2/h6-7,9-10,14,16H,3-5,8H2,1-2H3/b15-10+. The number of rotatable bonds is 7. The fourth-order valence-electron chi connectivity index (χ4n) is 1.41. The van der Waals surface area contributed by atoms with Crippen molar-refractivity contribution in [1.82, 2.24) is 5.43 Å². The molecule has 0 aliphatic rings. The number of hydrazone groups is 1. The second-order valence-corrected chi connectivity index (χ2v) is 3.80. The Labute approximate surface area is 102 Å². The SMILES string of the molecule is CCCCCN/N=C/c1ccc(O)c(OC)c1. The van der Waals surface area contributed by atoms with Crippen LogP contribution in [-0.2, 0) is 0 Å². The molecule has 0 spiro atoms. The van der Waals surface area contributed by atoms with E-state index in [0.717, 1.165) is 18.5 Å². The van der Waals surface area contributed by atoms with E-state index in [2.05, 4.69) is 17.5 Å².